The molecule has 0 aromatic rings. The van der Waals surface area contributed by atoms with Crippen LogP contribution in [0.2, 0.25) is 0 Å². The third kappa shape index (κ3) is 4.89. The summed E-state index contributed by atoms with van der Waals surface area (Å²) in [4.78, 5) is 1.78. The van der Waals surface area contributed by atoms with E-state index in [4.69, 9.17) is 23.2 Å². The van der Waals surface area contributed by atoms with E-state index in [0.29, 0.717) is 11.8 Å². The van der Waals surface area contributed by atoms with E-state index in [-0.39, 0.29) is 0 Å². The Morgan fingerprint density at radius 1 is 1.11 bits per heavy atom. The maximum absolute atomic E-state index is 5.45. The maximum atomic E-state index is 5.45. The fourth-order valence-electron chi connectivity index (χ4n) is 0.259. The summed E-state index contributed by atoms with van der Waals surface area (Å²) in [5.74, 6) is 0.918. The van der Waals surface area contributed by atoms with Gasteiger partial charge >= 0.3 is 0 Å². The van der Waals surface area contributed by atoms with Crippen molar-refractivity contribution in [2.24, 2.45) is 0 Å². The van der Waals surface area contributed by atoms with Crippen LogP contribution in [0, 0.1) is 0 Å². The lowest BCUT2D eigenvalue weighted by Crippen LogP contribution is -1.78. The average Bonchev–Trinajstić information content (AvgIpc) is 1.87. The number of alkyl halides is 2. The Labute approximate surface area is 69.9 Å². The van der Waals surface area contributed by atoms with E-state index in [2.05, 4.69) is 13.2 Å². The molecule has 0 saturated carbocycles. The fraction of sp³-hybridized carbons (Fsp3) is 0.333. The second kappa shape index (κ2) is 5.21. The minimum absolute atomic E-state index is 0.459. The van der Waals surface area contributed by atoms with Crippen LogP contribution in [0.15, 0.2) is 23.0 Å². The molecular formula is C6H8Cl2S. The second-order valence-corrected chi connectivity index (χ2v) is 3.34. The van der Waals surface area contributed by atoms with Gasteiger partial charge in [0.2, 0.25) is 0 Å². The van der Waals surface area contributed by atoms with Crippen molar-refractivity contribution < 1.29 is 0 Å². The Morgan fingerprint density at radius 3 is 1.67 bits per heavy atom. The maximum Gasteiger partial charge on any atom is 0.0531 e. The zero-order chi connectivity index (χ0) is 7.28. The Hall–Kier alpha value is 0.410. The van der Waals surface area contributed by atoms with Crippen LogP contribution in [-0.2, 0) is 0 Å². The molecule has 0 aromatic carbocycles. The van der Waals surface area contributed by atoms with Crippen molar-refractivity contribution in [3.63, 3.8) is 0 Å². The zero-order valence-electron chi connectivity index (χ0n) is 4.99. The normalized spacial score (nSPS) is 9.11. The Kier molecular flexibility index (Phi) is 5.45. The van der Waals surface area contributed by atoms with Crippen molar-refractivity contribution in [3.05, 3.63) is 23.0 Å². The number of halogens is 2. The second-order valence-electron chi connectivity index (χ2n) is 1.45. The van der Waals surface area contributed by atoms with Gasteiger partial charge in [-0.05, 0) is 9.81 Å². The first kappa shape index (κ1) is 9.41. The molecule has 0 amide bonds. The van der Waals surface area contributed by atoms with Gasteiger partial charge in [-0.15, -0.1) is 23.2 Å². The van der Waals surface area contributed by atoms with Crippen molar-refractivity contribution in [1.29, 1.82) is 0 Å². The topological polar surface area (TPSA) is 0 Å². The molecule has 0 radical (unpaired) electrons. The van der Waals surface area contributed by atoms with Crippen LogP contribution >= 0.6 is 35.0 Å². The lowest BCUT2D eigenvalue weighted by atomic mass is 10.7. The van der Waals surface area contributed by atoms with Crippen molar-refractivity contribution in [2.75, 3.05) is 11.8 Å². The average molecular weight is 183 g/mol. The van der Waals surface area contributed by atoms with Gasteiger partial charge in [-0.3, -0.25) is 0 Å². The smallest absolute Gasteiger partial charge is 0.0531 e. The molecule has 0 aliphatic carbocycles. The summed E-state index contributed by atoms with van der Waals surface area (Å²) in [7, 11) is 0. The van der Waals surface area contributed by atoms with Crippen LogP contribution < -0.4 is 0 Å². The molecule has 0 aliphatic heterocycles. The van der Waals surface area contributed by atoms with Crippen LogP contribution in [0.4, 0.5) is 0 Å². The van der Waals surface area contributed by atoms with Crippen molar-refractivity contribution in [1.82, 2.24) is 0 Å². The summed E-state index contributed by atoms with van der Waals surface area (Å²) in [6.07, 6.45) is 0. The molecule has 9 heavy (non-hydrogen) atoms. The molecule has 0 rings (SSSR count). The van der Waals surface area contributed by atoms with Gasteiger partial charge in [-0.1, -0.05) is 24.9 Å². The van der Waals surface area contributed by atoms with E-state index >= 15 is 0 Å². The predicted molar refractivity (Wildman–Crippen MR) is 47.3 cm³/mol. The SMILES string of the molecule is C=C(CCl)SC(=C)CCl. The molecule has 0 saturated heterocycles. The highest BCUT2D eigenvalue weighted by Gasteiger charge is 1.94. The summed E-state index contributed by atoms with van der Waals surface area (Å²) in [6, 6.07) is 0. The van der Waals surface area contributed by atoms with E-state index in [1.807, 2.05) is 0 Å². The number of hydrogen-bond acceptors (Lipinski definition) is 1. The number of thioether (sulfide) groups is 1. The summed E-state index contributed by atoms with van der Waals surface area (Å²) < 4.78 is 0. The van der Waals surface area contributed by atoms with Crippen molar-refractivity contribution in [3.8, 4) is 0 Å². The van der Waals surface area contributed by atoms with Crippen molar-refractivity contribution >= 4 is 35.0 Å². The Bertz CT molecular complexity index is 106. The van der Waals surface area contributed by atoms with Gasteiger partial charge in [0, 0.05) is 0 Å². The summed E-state index contributed by atoms with van der Waals surface area (Å²) in [5.41, 5.74) is 0. The van der Waals surface area contributed by atoms with E-state index in [1.54, 1.807) is 0 Å². The number of allylic oxidation sites excluding steroid dienone is 2. The molecule has 0 aromatic heterocycles. The van der Waals surface area contributed by atoms with Crippen molar-refractivity contribution in [2.45, 2.75) is 0 Å². The Morgan fingerprint density at radius 2 is 1.44 bits per heavy atom. The lowest BCUT2D eigenvalue weighted by molar-refractivity contribution is 1.69. The highest BCUT2D eigenvalue weighted by atomic mass is 35.5. The molecule has 0 heterocycles. The van der Waals surface area contributed by atoms with Gasteiger partial charge < -0.3 is 0 Å². The molecule has 0 fully saturated rings. The van der Waals surface area contributed by atoms with Crippen LogP contribution in [0.5, 0.6) is 0 Å². The monoisotopic (exact) mass is 182 g/mol. The first-order valence-electron chi connectivity index (χ1n) is 2.36. The predicted octanol–water partition coefficient (Wildman–Crippen LogP) is 3.22. The molecule has 0 N–H and O–H groups in total. The third-order valence-corrected chi connectivity index (χ3v) is 2.41. The molecule has 0 spiro atoms. The summed E-state index contributed by atoms with van der Waals surface area (Å²) in [6.45, 7) is 7.35. The quantitative estimate of drug-likeness (QED) is 0.603. The Balaban J connectivity index is 3.47. The first-order valence-corrected chi connectivity index (χ1v) is 4.24. The van der Waals surface area contributed by atoms with Gasteiger partial charge in [0.25, 0.3) is 0 Å². The highest BCUT2D eigenvalue weighted by molar-refractivity contribution is 8.06. The van der Waals surface area contributed by atoms with Gasteiger partial charge in [0.1, 0.15) is 0 Å². The molecule has 0 bridgehead atoms. The zero-order valence-corrected chi connectivity index (χ0v) is 7.32. The van der Waals surface area contributed by atoms with E-state index in [9.17, 15) is 0 Å². The van der Waals surface area contributed by atoms with Crippen LogP contribution in [0.25, 0.3) is 0 Å². The molecule has 0 unspecified atom stereocenters. The molecule has 0 aliphatic rings. The van der Waals surface area contributed by atoms with E-state index in [1.165, 1.54) is 11.8 Å². The number of hydrogen-bond donors (Lipinski definition) is 0. The molecular weight excluding hydrogens is 175 g/mol. The van der Waals surface area contributed by atoms with Crippen LogP contribution in [0.1, 0.15) is 0 Å². The van der Waals surface area contributed by atoms with Crippen LogP contribution in [0.3, 0.4) is 0 Å². The van der Waals surface area contributed by atoms with Gasteiger partial charge in [0.05, 0.1) is 11.8 Å². The minimum atomic E-state index is 0.459. The molecule has 0 nitrogen and oxygen atoms in total. The molecule has 0 atom stereocenters. The van der Waals surface area contributed by atoms with E-state index < -0.39 is 0 Å². The largest absolute Gasteiger partial charge is 0.121 e. The highest BCUT2D eigenvalue weighted by Crippen LogP contribution is 2.23. The van der Waals surface area contributed by atoms with Gasteiger partial charge in [0.15, 0.2) is 0 Å². The minimum Gasteiger partial charge on any atom is -0.121 e. The standard InChI is InChI=1S/C6H8Cl2S/c1-5(3-7)9-6(2)4-8/h1-4H2. The molecule has 52 valence electrons. The van der Waals surface area contributed by atoms with Gasteiger partial charge in [-0.25, -0.2) is 0 Å². The number of rotatable bonds is 4. The summed E-state index contributed by atoms with van der Waals surface area (Å²) in [5, 5.41) is 0. The lowest BCUT2D eigenvalue weighted by Gasteiger charge is -1.99. The molecule has 3 heteroatoms. The summed E-state index contributed by atoms with van der Waals surface area (Å²) >= 11 is 12.3. The fourth-order valence-corrected chi connectivity index (χ4v) is 1.10. The van der Waals surface area contributed by atoms with E-state index in [0.717, 1.165) is 9.81 Å². The first-order chi connectivity index (χ1) is 4.20. The third-order valence-electron chi connectivity index (χ3n) is 0.587. The van der Waals surface area contributed by atoms with Crippen LogP contribution in [-0.4, -0.2) is 11.8 Å². The van der Waals surface area contributed by atoms with Gasteiger partial charge in [-0.2, -0.15) is 0 Å².